The number of anilines is 2. The molecule has 0 spiro atoms. The minimum Gasteiger partial charge on any atom is -0.399 e. The van der Waals surface area contributed by atoms with Crippen LogP contribution in [-0.2, 0) is 16.0 Å². The first-order valence-corrected chi connectivity index (χ1v) is 10.1. The number of primary amides is 1. The van der Waals surface area contributed by atoms with Gasteiger partial charge < -0.3 is 22.1 Å². The van der Waals surface area contributed by atoms with Gasteiger partial charge in [-0.2, -0.15) is 4.98 Å². The Hall–Kier alpha value is -2.94. The number of nitrogens with one attached hydrogen (secondary N) is 2. The minimum absolute atomic E-state index is 0.00281. The number of carbonyl (C=O) groups excluding carboxylic acids is 2. The first kappa shape index (κ1) is 20.3. The fraction of sp³-hybridized carbons (Fsp3) is 0.400. The maximum Gasteiger partial charge on any atom is 0.224 e. The van der Waals surface area contributed by atoms with E-state index < -0.39 is 23.7 Å². The number of hydrogen-bond acceptors (Lipinski definition) is 6. The zero-order valence-corrected chi connectivity index (χ0v) is 16.8. The van der Waals surface area contributed by atoms with Gasteiger partial charge >= 0.3 is 0 Å². The van der Waals surface area contributed by atoms with Crippen molar-refractivity contribution in [3.63, 3.8) is 0 Å². The van der Waals surface area contributed by atoms with E-state index in [2.05, 4.69) is 20.6 Å². The van der Waals surface area contributed by atoms with E-state index in [1.165, 1.54) is 0 Å². The first-order chi connectivity index (χ1) is 14.3. The third-order valence-corrected chi connectivity index (χ3v) is 6.20. The average molecular weight is 433 g/mol. The summed E-state index contributed by atoms with van der Waals surface area (Å²) >= 11 is 5.78. The molecule has 10 heteroatoms. The molecule has 2 bridgehead atoms. The summed E-state index contributed by atoms with van der Waals surface area (Å²) in [6, 6.07) is 6.54. The summed E-state index contributed by atoms with van der Waals surface area (Å²) in [5, 5.41) is 5.94. The van der Waals surface area contributed by atoms with Crippen molar-refractivity contribution < 1.29 is 14.0 Å². The third kappa shape index (κ3) is 4.02. The smallest absolute Gasteiger partial charge is 0.224 e. The van der Waals surface area contributed by atoms with Crippen LogP contribution in [0.1, 0.15) is 18.4 Å². The number of nitrogens with two attached hydrogens (primary N) is 2. The topological polar surface area (TPSA) is 136 Å². The Labute approximate surface area is 177 Å². The van der Waals surface area contributed by atoms with E-state index in [4.69, 9.17) is 23.1 Å². The minimum atomic E-state index is -0.673. The lowest BCUT2D eigenvalue weighted by atomic mass is 9.81. The molecule has 30 heavy (non-hydrogen) atoms. The van der Waals surface area contributed by atoms with Gasteiger partial charge in [0.2, 0.25) is 17.1 Å². The monoisotopic (exact) mass is 432 g/mol. The Morgan fingerprint density at radius 3 is 2.83 bits per heavy atom. The lowest BCUT2D eigenvalue weighted by Gasteiger charge is -2.35. The van der Waals surface area contributed by atoms with Gasteiger partial charge in [-0.25, -0.2) is 9.37 Å². The summed E-state index contributed by atoms with van der Waals surface area (Å²) < 4.78 is 14.1. The van der Waals surface area contributed by atoms with Crippen molar-refractivity contribution in [2.75, 3.05) is 11.1 Å². The number of benzene rings is 1. The van der Waals surface area contributed by atoms with Crippen molar-refractivity contribution in [1.29, 1.82) is 0 Å². The second kappa shape index (κ2) is 8.06. The van der Waals surface area contributed by atoms with Crippen LogP contribution < -0.4 is 22.1 Å². The summed E-state index contributed by atoms with van der Waals surface area (Å²) in [6.45, 7) is 0. The van der Waals surface area contributed by atoms with E-state index >= 15 is 0 Å². The van der Waals surface area contributed by atoms with E-state index in [0.29, 0.717) is 18.5 Å². The van der Waals surface area contributed by atoms with Crippen LogP contribution in [0.15, 0.2) is 30.5 Å². The lowest BCUT2D eigenvalue weighted by molar-refractivity contribution is -0.123. The number of fused-ring (bicyclic) bond motifs is 2. The van der Waals surface area contributed by atoms with Crippen LogP contribution in [0, 0.1) is 23.6 Å². The van der Waals surface area contributed by atoms with Crippen LogP contribution in [0.5, 0.6) is 0 Å². The first-order valence-electron chi connectivity index (χ1n) is 9.69. The molecule has 1 aromatic heterocycles. The van der Waals surface area contributed by atoms with Gasteiger partial charge in [-0.1, -0.05) is 12.1 Å². The Kier molecular flexibility index (Phi) is 5.46. The van der Waals surface area contributed by atoms with Crippen molar-refractivity contribution in [1.82, 2.24) is 15.3 Å². The van der Waals surface area contributed by atoms with Crippen LogP contribution in [0.3, 0.4) is 0 Å². The molecule has 2 aliphatic carbocycles. The fourth-order valence-corrected chi connectivity index (χ4v) is 5.02. The molecule has 0 saturated heterocycles. The highest BCUT2D eigenvalue weighted by atomic mass is 35.5. The van der Waals surface area contributed by atoms with E-state index in [1.54, 1.807) is 18.2 Å². The Balaban J connectivity index is 1.48. The summed E-state index contributed by atoms with van der Waals surface area (Å²) in [5.74, 6) is -1.91. The van der Waals surface area contributed by atoms with Crippen molar-refractivity contribution in [2.24, 2.45) is 23.5 Å². The summed E-state index contributed by atoms with van der Waals surface area (Å²) in [5.41, 5.74) is 12.8. The van der Waals surface area contributed by atoms with Crippen LogP contribution in [0.2, 0.25) is 5.28 Å². The van der Waals surface area contributed by atoms with E-state index in [0.717, 1.165) is 11.8 Å². The zero-order chi connectivity index (χ0) is 21.4. The Morgan fingerprint density at radius 2 is 2.10 bits per heavy atom. The van der Waals surface area contributed by atoms with Gasteiger partial charge in [-0.05, 0) is 48.1 Å². The maximum atomic E-state index is 14.1. The molecule has 8 nitrogen and oxygen atoms in total. The zero-order valence-electron chi connectivity index (χ0n) is 16.0. The molecular weight excluding hydrogens is 411 g/mol. The standard InChI is InChI=1S/C20H22ClFN6O2/c21-20-25-8-13(22)19(28-20)27-17-12-6-10(16(17)18(24)30)7-14(12)26-15(29)5-9-2-1-3-11(23)4-9/h1-4,8,10,12,14,16-17H,5-7,23H2,(H2,24,30)(H,26,29)(H,25,27,28)/t10-,12+,14+,16-,17+/m0/s1. The van der Waals surface area contributed by atoms with Crippen molar-refractivity contribution >= 4 is 34.9 Å². The van der Waals surface area contributed by atoms with Gasteiger partial charge in [0.25, 0.3) is 0 Å². The van der Waals surface area contributed by atoms with Crippen molar-refractivity contribution in [3.8, 4) is 0 Å². The second-order valence-electron chi connectivity index (χ2n) is 7.93. The highest BCUT2D eigenvalue weighted by molar-refractivity contribution is 6.28. The predicted octanol–water partition coefficient (Wildman–Crippen LogP) is 1.50. The molecule has 6 N–H and O–H groups in total. The highest BCUT2D eigenvalue weighted by Gasteiger charge is 2.55. The number of hydrogen-bond donors (Lipinski definition) is 4. The SMILES string of the molecule is NC(=O)[C@H]1[C@H]2C[C@@H]([C@H]1Nc1nc(Cl)ncc1F)[C@H](NC(=O)Cc1cccc(N)c1)C2. The number of rotatable bonds is 6. The summed E-state index contributed by atoms with van der Waals surface area (Å²) in [7, 11) is 0. The molecule has 2 saturated carbocycles. The number of amides is 2. The van der Waals surface area contributed by atoms with Crippen molar-refractivity contribution in [2.45, 2.75) is 31.3 Å². The fourth-order valence-electron chi connectivity index (χ4n) is 4.88. The number of carbonyl (C=O) groups is 2. The van der Waals surface area contributed by atoms with Gasteiger partial charge in [-0.15, -0.1) is 0 Å². The van der Waals surface area contributed by atoms with E-state index in [9.17, 15) is 14.0 Å². The third-order valence-electron chi connectivity index (χ3n) is 6.01. The normalized spacial score (nSPS) is 27.1. The van der Waals surface area contributed by atoms with Gasteiger partial charge in [0.15, 0.2) is 11.6 Å². The number of nitrogens with zero attached hydrogens (tertiary/aromatic N) is 2. The van der Waals surface area contributed by atoms with Gasteiger partial charge in [0.05, 0.1) is 18.5 Å². The molecule has 0 aliphatic heterocycles. The van der Waals surface area contributed by atoms with Gasteiger partial charge in [0.1, 0.15) is 0 Å². The maximum absolute atomic E-state index is 14.1. The Morgan fingerprint density at radius 1 is 1.30 bits per heavy atom. The summed E-state index contributed by atoms with van der Waals surface area (Å²) in [4.78, 5) is 32.1. The molecule has 2 aromatic rings. The Bertz CT molecular complexity index is 990. The molecule has 4 rings (SSSR count). The van der Waals surface area contributed by atoms with Crippen LogP contribution >= 0.6 is 11.6 Å². The van der Waals surface area contributed by atoms with Crippen LogP contribution in [0.25, 0.3) is 0 Å². The van der Waals surface area contributed by atoms with Crippen LogP contribution in [-0.4, -0.2) is 33.9 Å². The molecule has 158 valence electrons. The predicted molar refractivity (Wildman–Crippen MR) is 110 cm³/mol. The average Bonchev–Trinajstić information content (AvgIpc) is 3.22. The number of nitrogen functional groups attached to an aromatic ring is 1. The van der Waals surface area contributed by atoms with Gasteiger partial charge in [0, 0.05) is 23.7 Å². The largest absolute Gasteiger partial charge is 0.399 e. The van der Waals surface area contributed by atoms with E-state index in [-0.39, 0.29) is 41.3 Å². The number of aromatic nitrogens is 2. The molecule has 0 unspecified atom stereocenters. The van der Waals surface area contributed by atoms with E-state index in [1.807, 2.05) is 6.07 Å². The van der Waals surface area contributed by atoms with Gasteiger partial charge in [-0.3, -0.25) is 9.59 Å². The molecular formula is C20H22ClFN6O2. The molecule has 1 heterocycles. The second-order valence-corrected chi connectivity index (χ2v) is 8.26. The molecule has 0 radical (unpaired) electrons. The molecule has 1 aromatic carbocycles. The molecule has 2 fully saturated rings. The van der Waals surface area contributed by atoms with Crippen molar-refractivity contribution in [3.05, 3.63) is 47.1 Å². The van der Waals surface area contributed by atoms with Crippen LogP contribution in [0.4, 0.5) is 15.9 Å². The summed E-state index contributed by atoms with van der Waals surface area (Å²) in [6.07, 6.45) is 2.52. The molecule has 2 aliphatic rings. The number of halogens is 2. The molecule has 2 amide bonds. The molecule has 5 atom stereocenters. The lowest BCUT2D eigenvalue weighted by Crippen LogP contribution is -2.52. The highest BCUT2D eigenvalue weighted by Crippen LogP contribution is 2.49. The quantitative estimate of drug-likeness (QED) is 0.403.